The molecule has 21 heavy (non-hydrogen) atoms. The molecule has 1 heterocycles. The summed E-state index contributed by atoms with van der Waals surface area (Å²) in [5.41, 5.74) is 5.96. The molecular weight excluding hydrogens is 270 g/mol. The highest BCUT2D eigenvalue weighted by molar-refractivity contribution is 5.97. The van der Waals surface area contributed by atoms with Crippen LogP contribution >= 0.6 is 0 Å². The largest absolute Gasteiger partial charge is 0.507 e. The Labute approximate surface area is 125 Å². The highest BCUT2D eigenvalue weighted by Crippen LogP contribution is 2.24. The van der Waals surface area contributed by atoms with Crippen molar-refractivity contribution >= 4 is 5.91 Å². The molecule has 1 fully saturated rings. The fraction of sp³-hybridized carbons (Fsp3) is 0.533. The van der Waals surface area contributed by atoms with E-state index >= 15 is 0 Å². The Kier molecular flexibility index (Phi) is 5.03. The van der Waals surface area contributed by atoms with E-state index in [1.54, 1.807) is 17.0 Å². The molecule has 1 atom stereocenters. The summed E-state index contributed by atoms with van der Waals surface area (Å²) >= 11 is 0. The number of hydrogen-bond acceptors (Lipinski definition) is 5. The number of hydrogen-bond donors (Lipinski definition) is 2. The number of nitrogens with two attached hydrogens (primary N) is 1. The summed E-state index contributed by atoms with van der Waals surface area (Å²) in [6, 6.07) is 5.02. The molecule has 3 N–H and O–H groups in total. The molecule has 6 nitrogen and oxygen atoms in total. The number of aromatic hydroxyl groups is 1. The van der Waals surface area contributed by atoms with Crippen LogP contribution in [0.15, 0.2) is 18.2 Å². The topological polar surface area (TPSA) is 79.0 Å². The number of benzene rings is 1. The van der Waals surface area contributed by atoms with E-state index in [0.29, 0.717) is 31.4 Å². The molecule has 1 saturated heterocycles. The summed E-state index contributed by atoms with van der Waals surface area (Å²) in [4.78, 5) is 16.5. The summed E-state index contributed by atoms with van der Waals surface area (Å²) in [5, 5.41) is 9.88. The number of rotatable bonds is 4. The van der Waals surface area contributed by atoms with Gasteiger partial charge in [-0.3, -0.25) is 9.69 Å². The SMILES string of the molecule is COc1ccc(O)c(C(=O)N2CCN(C(C)CN)CC2)c1. The van der Waals surface area contributed by atoms with Crippen LogP contribution in [0, 0.1) is 0 Å². The standard InChI is InChI=1S/C15H23N3O3/c1-11(10-16)17-5-7-18(8-6-17)15(20)13-9-12(21-2)3-4-14(13)19/h3-4,9,11,19H,5-8,10,16H2,1-2H3. The second-order valence-electron chi connectivity index (χ2n) is 5.30. The average Bonchev–Trinajstić information content (AvgIpc) is 2.54. The van der Waals surface area contributed by atoms with Crippen LogP contribution in [0.4, 0.5) is 0 Å². The van der Waals surface area contributed by atoms with Crippen molar-refractivity contribution in [1.29, 1.82) is 0 Å². The average molecular weight is 293 g/mol. The summed E-state index contributed by atoms with van der Waals surface area (Å²) in [6.07, 6.45) is 0. The fourth-order valence-electron chi connectivity index (χ4n) is 2.50. The van der Waals surface area contributed by atoms with Gasteiger partial charge in [-0.2, -0.15) is 0 Å². The van der Waals surface area contributed by atoms with Gasteiger partial charge in [0, 0.05) is 38.8 Å². The number of piperazine rings is 1. The number of carbonyl (C=O) groups is 1. The first-order valence-electron chi connectivity index (χ1n) is 7.17. The monoisotopic (exact) mass is 293 g/mol. The van der Waals surface area contributed by atoms with Gasteiger partial charge in [-0.1, -0.05) is 0 Å². The molecule has 0 bridgehead atoms. The second-order valence-corrected chi connectivity index (χ2v) is 5.30. The summed E-state index contributed by atoms with van der Waals surface area (Å²) in [6.45, 7) is 5.58. The Balaban J connectivity index is 2.05. The molecule has 0 radical (unpaired) electrons. The van der Waals surface area contributed by atoms with Crippen molar-refractivity contribution in [1.82, 2.24) is 9.80 Å². The lowest BCUT2D eigenvalue weighted by atomic mass is 10.1. The molecule has 2 rings (SSSR count). The summed E-state index contributed by atoms with van der Waals surface area (Å²) < 4.78 is 5.11. The van der Waals surface area contributed by atoms with Crippen LogP contribution in [-0.2, 0) is 0 Å². The van der Waals surface area contributed by atoms with Crippen molar-refractivity contribution in [3.8, 4) is 11.5 Å². The number of phenolic OH excluding ortho intramolecular Hbond substituents is 1. The van der Waals surface area contributed by atoms with Crippen LogP contribution in [0.3, 0.4) is 0 Å². The maximum Gasteiger partial charge on any atom is 0.257 e. The number of phenols is 1. The molecule has 1 aliphatic heterocycles. The van der Waals surface area contributed by atoms with Gasteiger partial charge >= 0.3 is 0 Å². The van der Waals surface area contributed by atoms with E-state index in [1.807, 2.05) is 0 Å². The first-order valence-corrected chi connectivity index (χ1v) is 7.17. The third kappa shape index (κ3) is 3.46. The Morgan fingerprint density at radius 1 is 1.38 bits per heavy atom. The van der Waals surface area contributed by atoms with Crippen LogP contribution in [0.2, 0.25) is 0 Å². The fourth-order valence-corrected chi connectivity index (χ4v) is 2.50. The molecule has 0 aliphatic carbocycles. The van der Waals surface area contributed by atoms with Crippen LogP contribution in [-0.4, -0.2) is 66.7 Å². The van der Waals surface area contributed by atoms with Gasteiger partial charge in [0.1, 0.15) is 11.5 Å². The normalized spacial score (nSPS) is 17.6. The minimum atomic E-state index is -0.161. The van der Waals surface area contributed by atoms with E-state index < -0.39 is 0 Å². The minimum Gasteiger partial charge on any atom is -0.507 e. The highest BCUT2D eigenvalue weighted by atomic mass is 16.5. The van der Waals surface area contributed by atoms with Gasteiger partial charge < -0.3 is 20.5 Å². The van der Waals surface area contributed by atoms with Crippen LogP contribution in [0.5, 0.6) is 11.5 Å². The predicted octanol–water partition coefficient (Wildman–Crippen LogP) is 0.506. The van der Waals surface area contributed by atoms with Gasteiger partial charge in [0.15, 0.2) is 0 Å². The number of nitrogens with zero attached hydrogens (tertiary/aromatic N) is 2. The Morgan fingerprint density at radius 3 is 2.62 bits per heavy atom. The van der Waals surface area contributed by atoms with Crippen molar-refractivity contribution in [2.75, 3.05) is 39.8 Å². The van der Waals surface area contributed by atoms with E-state index in [4.69, 9.17) is 10.5 Å². The number of amides is 1. The quantitative estimate of drug-likeness (QED) is 0.845. The van der Waals surface area contributed by atoms with E-state index in [0.717, 1.165) is 13.1 Å². The van der Waals surface area contributed by atoms with E-state index in [1.165, 1.54) is 13.2 Å². The third-order valence-electron chi connectivity index (χ3n) is 4.00. The first kappa shape index (κ1) is 15.6. The summed E-state index contributed by atoms with van der Waals surface area (Å²) in [5.74, 6) is 0.386. The maximum atomic E-state index is 12.5. The Hall–Kier alpha value is -1.79. The number of methoxy groups -OCH3 is 1. The van der Waals surface area contributed by atoms with Gasteiger partial charge in [-0.15, -0.1) is 0 Å². The molecule has 1 aromatic rings. The van der Waals surface area contributed by atoms with Gasteiger partial charge in [-0.25, -0.2) is 0 Å². The lowest BCUT2D eigenvalue weighted by molar-refractivity contribution is 0.0586. The molecule has 0 saturated carbocycles. The molecule has 1 unspecified atom stereocenters. The molecule has 116 valence electrons. The Bertz CT molecular complexity index is 499. The van der Waals surface area contributed by atoms with Gasteiger partial charge in [0.05, 0.1) is 12.7 Å². The predicted molar refractivity (Wildman–Crippen MR) is 80.7 cm³/mol. The van der Waals surface area contributed by atoms with Crippen LogP contribution in [0.25, 0.3) is 0 Å². The van der Waals surface area contributed by atoms with Crippen molar-refractivity contribution < 1.29 is 14.6 Å². The molecular formula is C15H23N3O3. The zero-order chi connectivity index (χ0) is 15.4. The molecule has 1 aliphatic rings. The van der Waals surface area contributed by atoms with Crippen molar-refractivity contribution in [2.45, 2.75) is 13.0 Å². The van der Waals surface area contributed by atoms with Gasteiger partial charge in [0.2, 0.25) is 0 Å². The minimum absolute atomic E-state index is 0.0152. The van der Waals surface area contributed by atoms with E-state index in [9.17, 15) is 9.90 Å². The zero-order valence-electron chi connectivity index (χ0n) is 12.6. The third-order valence-corrected chi connectivity index (χ3v) is 4.00. The zero-order valence-corrected chi connectivity index (χ0v) is 12.6. The highest BCUT2D eigenvalue weighted by Gasteiger charge is 2.25. The Morgan fingerprint density at radius 2 is 2.05 bits per heavy atom. The van der Waals surface area contributed by atoms with Crippen LogP contribution in [0.1, 0.15) is 17.3 Å². The smallest absolute Gasteiger partial charge is 0.257 e. The van der Waals surface area contributed by atoms with Gasteiger partial charge in [-0.05, 0) is 25.1 Å². The van der Waals surface area contributed by atoms with E-state index in [2.05, 4.69) is 11.8 Å². The van der Waals surface area contributed by atoms with E-state index in [-0.39, 0.29) is 17.2 Å². The molecule has 0 spiro atoms. The molecule has 6 heteroatoms. The summed E-state index contributed by atoms with van der Waals surface area (Å²) in [7, 11) is 1.54. The van der Waals surface area contributed by atoms with Crippen LogP contribution < -0.4 is 10.5 Å². The lowest BCUT2D eigenvalue weighted by Gasteiger charge is -2.37. The molecule has 1 aromatic carbocycles. The van der Waals surface area contributed by atoms with Crippen molar-refractivity contribution in [2.24, 2.45) is 5.73 Å². The first-order chi connectivity index (χ1) is 10.1. The molecule has 1 amide bonds. The second kappa shape index (κ2) is 6.78. The number of carbonyl (C=O) groups excluding carboxylic acids is 1. The van der Waals surface area contributed by atoms with Crippen molar-refractivity contribution in [3.63, 3.8) is 0 Å². The van der Waals surface area contributed by atoms with Gasteiger partial charge in [0.25, 0.3) is 5.91 Å². The molecule has 0 aromatic heterocycles. The lowest BCUT2D eigenvalue weighted by Crippen LogP contribution is -2.52. The maximum absolute atomic E-state index is 12.5. The number of ether oxygens (including phenoxy) is 1. The van der Waals surface area contributed by atoms with Crippen molar-refractivity contribution in [3.05, 3.63) is 23.8 Å².